The minimum Gasteiger partial charge on any atom is -0.207 e. The first kappa shape index (κ1) is 16.5. The molecule has 4 heteroatoms. The van der Waals surface area contributed by atoms with Gasteiger partial charge in [0, 0.05) is 12.6 Å². The largest absolute Gasteiger partial charge is 0.243 e. The van der Waals surface area contributed by atoms with Crippen LogP contribution >= 0.6 is 0 Å². The van der Waals surface area contributed by atoms with E-state index in [1.54, 1.807) is 4.31 Å². The van der Waals surface area contributed by atoms with Gasteiger partial charge in [-0.05, 0) is 69.2 Å². The van der Waals surface area contributed by atoms with Crippen molar-refractivity contribution in [2.75, 3.05) is 6.54 Å². The van der Waals surface area contributed by atoms with E-state index < -0.39 is 10.0 Å². The molecule has 0 saturated carbocycles. The summed E-state index contributed by atoms with van der Waals surface area (Å²) < 4.78 is 28.2. The number of hydrogen-bond acceptors (Lipinski definition) is 2. The number of rotatable bonds is 3. The third kappa shape index (κ3) is 2.88. The minimum absolute atomic E-state index is 0.156. The first-order valence-electron chi connectivity index (χ1n) is 7.90. The summed E-state index contributed by atoms with van der Waals surface area (Å²) in [5, 5.41) is 0. The lowest BCUT2D eigenvalue weighted by atomic mass is 10.0. The molecule has 0 radical (unpaired) electrons. The molecule has 21 heavy (non-hydrogen) atoms. The van der Waals surface area contributed by atoms with Crippen LogP contribution in [0.25, 0.3) is 0 Å². The fourth-order valence-corrected chi connectivity index (χ4v) is 5.73. The summed E-state index contributed by atoms with van der Waals surface area (Å²) in [6.07, 6.45) is 3.98. The van der Waals surface area contributed by atoms with Gasteiger partial charge in [-0.25, -0.2) is 8.42 Å². The molecule has 0 N–H and O–H groups in total. The van der Waals surface area contributed by atoms with Gasteiger partial charge in [-0.3, -0.25) is 0 Å². The van der Waals surface area contributed by atoms with Crippen LogP contribution in [0.1, 0.15) is 54.9 Å². The molecule has 1 heterocycles. The maximum absolute atomic E-state index is 13.2. The standard InChI is InChI=1S/C17H27NO2S/c1-6-16-9-7-8-10-18(16)21(19,20)17-14(4)12(2)11-13(3)15(17)5/h11,16H,6-10H2,1-5H3. The smallest absolute Gasteiger partial charge is 0.207 e. The highest BCUT2D eigenvalue weighted by atomic mass is 32.2. The van der Waals surface area contributed by atoms with Crippen molar-refractivity contribution in [3.05, 3.63) is 28.3 Å². The van der Waals surface area contributed by atoms with Crippen molar-refractivity contribution in [3.8, 4) is 0 Å². The maximum Gasteiger partial charge on any atom is 0.243 e. The Hall–Kier alpha value is -0.870. The molecule has 1 saturated heterocycles. The third-order valence-electron chi connectivity index (χ3n) is 4.91. The van der Waals surface area contributed by atoms with E-state index in [1.165, 1.54) is 0 Å². The summed E-state index contributed by atoms with van der Waals surface area (Å²) in [5.41, 5.74) is 3.92. The van der Waals surface area contributed by atoms with E-state index in [1.807, 2.05) is 27.7 Å². The minimum atomic E-state index is -3.40. The SMILES string of the molecule is CCC1CCCCN1S(=O)(=O)c1c(C)c(C)cc(C)c1C. The van der Waals surface area contributed by atoms with Crippen molar-refractivity contribution < 1.29 is 8.42 Å². The second-order valence-electron chi connectivity index (χ2n) is 6.26. The fourth-order valence-electron chi connectivity index (χ4n) is 3.38. The molecule has 1 aliphatic rings. The van der Waals surface area contributed by atoms with Crippen LogP contribution in [0.4, 0.5) is 0 Å². The van der Waals surface area contributed by atoms with Gasteiger partial charge in [-0.1, -0.05) is 19.4 Å². The molecule has 1 unspecified atom stereocenters. The van der Waals surface area contributed by atoms with Crippen molar-refractivity contribution in [1.29, 1.82) is 0 Å². The number of benzene rings is 1. The molecule has 0 spiro atoms. The summed E-state index contributed by atoms with van der Waals surface area (Å²) in [6, 6.07) is 2.24. The lowest BCUT2D eigenvalue weighted by Gasteiger charge is -2.35. The summed E-state index contributed by atoms with van der Waals surface area (Å²) in [7, 11) is -3.40. The predicted octanol–water partition coefficient (Wildman–Crippen LogP) is 3.87. The van der Waals surface area contributed by atoms with Crippen LogP contribution in [-0.2, 0) is 10.0 Å². The van der Waals surface area contributed by atoms with E-state index in [0.717, 1.165) is 47.9 Å². The Morgan fingerprint density at radius 3 is 2.19 bits per heavy atom. The van der Waals surface area contributed by atoms with Gasteiger partial charge >= 0.3 is 0 Å². The lowest BCUT2D eigenvalue weighted by Crippen LogP contribution is -2.43. The molecule has 1 atom stereocenters. The monoisotopic (exact) mass is 309 g/mol. The average molecular weight is 309 g/mol. The number of nitrogens with zero attached hydrogens (tertiary/aromatic N) is 1. The normalized spacial score (nSPS) is 20.7. The summed E-state index contributed by atoms with van der Waals surface area (Å²) in [6.45, 7) is 10.6. The molecule has 0 amide bonds. The molecule has 2 rings (SSSR count). The topological polar surface area (TPSA) is 37.4 Å². The summed E-state index contributed by atoms with van der Waals surface area (Å²) >= 11 is 0. The van der Waals surface area contributed by atoms with Crippen LogP contribution in [0.15, 0.2) is 11.0 Å². The van der Waals surface area contributed by atoms with Crippen LogP contribution in [-0.4, -0.2) is 25.3 Å². The van der Waals surface area contributed by atoms with Gasteiger partial charge in [-0.15, -0.1) is 0 Å². The van der Waals surface area contributed by atoms with E-state index in [-0.39, 0.29) is 6.04 Å². The predicted molar refractivity (Wildman–Crippen MR) is 87.2 cm³/mol. The second-order valence-corrected chi connectivity index (χ2v) is 8.09. The highest BCUT2D eigenvalue weighted by molar-refractivity contribution is 7.89. The summed E-state index contributed by atoms with van der Waals surface area (Å²) in [5.74, 6) is 0. The van der Waals surface area contributed by atoms with E-state index in [0.29, 0.717) is 11.4 Å². The second kappa shape index (κ2) is 6.09. The Bertz CT molecular complexity index is 608. The lowest BCUT2D eigenvalue weighted by molar-refractivity contribution is 0.246. The van der Waals surface area contributed by atoms with Gasteiger partial charge < -0.3 is 0 Å². The Kier molecular flexibility index (Phi) is 4.79. The van der Waals surface area contributed by atoms with Gasteiger partial charge in [0.25, 0.3) is 0 Å². The highest BCUT2D eigenvalue weighted by Gasteiger charge is 2.34. The number of sulfonamides is 1. The Balaban J connectivity index is 2.59. The van der Waals surface area contributed by atoms with Crippen molar-refractivity contribution in [1.82, 2.24) is 4.31 Å². The quantitative estimate of drug-likeness (QED) is 0.850. The molecule has 118 valence electrons. The first-order chi connectivity index (χ1) is 9.80. The van der Waals surface area contributed by atoms with Gasteiger partial charge in [0.1, 0.15) is 0 Å². The molecule has 0 bridgehead atoms. The molecule has 0 aliphatic carbocycles. The van der Waals surface area contributed by atoms with E-state index in [4.69, 9.17) is 0 Å². The average Bonchev–Trinajstić information content (AvgIpc) is 2.45. The Labute approximate surface area is 129 Å². The van der Waals surface area contributed by atoms with E-state index >= 15 is 0 Å². The molecular formula is C17H27NO2S. The first-order valence-corrected chi connectivity index (χ1v) is 9.34. The number of hydrogen-bond donors (Lipinski definition) is 0. The zero-order chi connectivity index (χ0) is 15.8. The van der Waals surface area contributed by atoms with Crippen molar-refractivity contribution in [2.45, 2.75) is 71.2 Å². The van der Waals surface area contributed by atoms with Crippen molar-refractivity contribution in [3.63, 3.8) is 0 Å². The van der Waals surface area contributed by atoms with Gasteiger partial charge in [0.2, 0.25) is 10.0 Å². The van der Waals surface area contributed by atoms with Crippen LogP contribution in [0, 0.1) is 27.7 Å². The van der Waals surface area contributed by atoms with E-state index in [2.05, 4.69) is 13.0 Å². The van der Waals surface area contributed by atoms with Crippen molar-refractivity contribution >= 4 is 10.0 Å². The summed E-state index contributed by atoms with van der Waals surface area (Å²) in [4.78, 5) is 0.542. The van der Waals surface area contributed by atoms with Gasteiger partial charge in [-0.2, -0.15) is 4.31 Å². The van der Waals surface area contributed by atoms with E-state index in [9.17, 15) is 8.42 Å². The molecule has 3 nitrogen and oxygen atoms in total. The van der Waals surface area contributed by atoms with Crippen molar-refractivity contribution in [2.24, 2.45) is 0 Å². The zero-order valence-corrected chi connectivity index (χ0v) is 14.7. The highest BCUT2D eigenvalue weighted by Crippen LogP contribution is 2.32. The molecule has 0 aromatic heterocycles. The Morgan fingerprint density at radius 1 is 1.10 bits per heavy atom. The van der Waals surface area contributed by atoms with Crippen LogP contribution < -0.4 is 0 Å². The number of aryl methyl sites for hydroxylation is 2. The fraction of sp³-hybridized carbons (Fsp3) is 0.647. The van der Waals surface area contributed by atoms with Gasteiger partial charge in [0.05, 0.1) is 4.90 Å². The van der Waals surface area contributed by atoms with Crippen LogP contribution in [0.5, 0.6) is 0 Å². The van der Waals surface area contributed by atoms with Gasteiger partial charge in [0.15, 0.2) is 0 Å². The van der Waals surface area contributed by atoms with Crippen LogP contribution in [0.3, 0.4) is 0 Å². The molecule has 1 aromatic rings. The third-order valence-corrected chi connectivity index (χ3v) is 7.13. The molecule has 1 aliphatic heterocycles. The maximum atomic E-state index is 13.2. The molecular weight excluding hydrogens is 282 g/mol. The molecule has 1 fully saturated rings. The van der Waals surface area contributed by atoms with Crippen LogP contribution in [0.2, 0.25) is 0 Å². The number of piperidine rings is 1. The molecule has 1 aromatic carbocycles. The zero-order valence-electron chi connectivity index (χ0n) is 13.9. The Morgan fingerprint density at radius 2 is 1.67 bits per heavy atom.